The van der Waals surface area contributed by atoms with Gasteiger partial charge in [-0.3, -0.25) is 0 Å². The van der Waals surface area contributed by atoms with Crippen LogP contribution in [0.4, 0.5) is 5.69 Å². The fraction of sp³-hybridized carbons (Fsp3) is 0. The monoisotopic (exact) mass is 882 g/mol. The third kappa shape index (κ3) is 5.79. The zero-order valence-corrected chi connectivity index (χ0v) is 36.2. The molecule has 0 amide bonds. The van der Waals surface area contributed by atoms with E-state index in [0.29, 0.717) is 51.2 Å². The van der Waals surface area contributed by atoms with Crippen molar-refractivity contribution in [1.82, 2.24) is 43.6 Å². The molecule has 7 aromatic carbocycles. The Morgan fingerprint density at radius 2 is 0.580 bits per heavy atom. The molecule has 6 heterocycles. The van der Waals surface area contributed by atoms with Gasteiger partial charge in [0.15, 0.2) is 17.5 Å². The van der Waals surface area contributed by atoms with Crippen molar-refractivity contribution < 1.29 is 0 Å². The number of hydrogen-bond donors (Lipinski definition) is 0. The van der Waals surface area contributed by atoms with E-state index in [0.717, 1.165) is 65.4 Å². The predicted molar refractivity (Wildman–Crippen MR) is 268 cm³/mol. The molecule has 0 radical (unpaired) electrons. The summed E-state index contributed by atoms with van der Waals surface area (Å²) in [6, 6.07) is 54.1. The van der Waals surface area contributed by atoms with Gasteiger partial charge in [-0.05, 0) is 36.4 Å². The number of benzene rings is 7. The summed E-state index contributed by atoms with van der Waals surface area (Å²) in [5.74, 6) is 0.894. The minimum absolute atomic E-state index is 0.267. The Bertz CT molecular complexity index is 3760. The fourth-order valence-corrected chi connectivity index (χ4v) is 10.0. The molecule has 13 aromatic rings. The van der Waals surface area contributed by atoms with E-state index in [4.69, 9.17) is 36.5 Å². The van der Waals surface area contributed by atoms with Crippen molar-refractivity contribution >= 4 is 71.1 Å². The van der Waals surface area contributed by atoms with E-state index in [2.05, 4.69) is 103 Å². The summed E-state index contributed by atoms with van der Waals surface area (Å²) in [7, 11) is 0. The molecule has 13 rings (SSSR count). The predicted octanol–water partition coefficient (Wildman–Crippen LogP) is 12.6. The molecule has 12 nitrogen and oxygen atoms in total. The topological polar surface area (TPSA) is 144 Å². The Kier molecular flexibility index (Phi) is 8.71. The SMILES string of the molecule is [C-]#[N+]c1cnc(-c2c(-n3c4ccccc4c4ccccc43)c(-c3ncc(C#N)cn3)c(-n3c4ccccc4c4ccccc43)c(-c3ncc(C#N)cn3)c2-n2c3ccccc3c3ccccc32)nc1. The van der Waals surface area contributed by atoms with Gasteiger partial charge in [-0.25, -0.2) is 34.7 Å². The molecule has 0 bridgehead atoms. The first-order valence-electron chi connectivity index (χ1n) is 22.0. The van der Waals surface area contributed by atoms with E-state index < -0.39 is 0 Å². The molecule has 12 heteroatoms. The molecular formula is C57H30N12. The van der Waals surface area contributed by atoms with Crippen LogP contribution in [0.15, 0.2) is 183 Å². The zero-order valence-electron chi connectivity index (χ0n) is 36.2. The number of para-hydroxylation sites is 6. The molecule has 6 aromatic heterocycles. The smallest absolute Gasteiger partial charge is 0.222 e. The Labute approximate surface area is 392 Å². The summed E-state index contributed by atoms with van der Waals surface area (Å²) in [5, 5.41) is 26.3. The zero-order chi connectivity index (χ0) is 46.2. The molecule has 318 valence electrons. The third-order valence-corrected chi connectivity index (χ3v) is 12.8. The lowest BCUT2D eigenvalue weighted by Crippen LogP contribution is -2.15. The Balaban J connectivity index is 1.42. The molecule has 0 fully saturated rings. The van der Waals surface area contributed by atoms with E-state index in [1.807, 2.05) is 72.8 Å². The Hall–Kier alpha value is -10.4. The number of aromatic nitrogens is 9. The van der Waals surface area contributed by atoms with Gasteiger partial charge < -0.3 is 13.7 Å². The van der Waals surface area contributed by atoms with Crippen LogP contribution in [0.2, 0.25) is 0 Å². The molecule has 0 N–H and O–H groups in total. The Morgan fingerprint density at radius 1 is 0.348 bits per heavy atom. The molecule has 0 saturated carbocycles. The normalized spacial score (nSPS) is 11.4. The maximum Gasteiger partial charge on any atom is 0.222 e. The van der Waals surface area contributed by atoms with Crippen molar-refractivity contribution in [3.05, 3.63) is 205 Å². The highest BCUT2D eigenvalue weighted by Crippen LogP contribution is 2.53. The molecule has 0 atom stereocenters. The number of fused-ring (bicyclic) bond motifs is 9. The molecule has 0 saturated heterocycles. The largest absolute Gasteiger partial charge is 0.308 e. The highest BCUT2D eigenvalue weighted by molar-refractivity contribution is 6.17. The molecule has 0 spiro atoms. The van der Waals surface area contributed by atoms with E-state index >= 15 is 0 Å². The van der Waals surface area contributed by atoms with E-state index in [1.165, 1.54) is 37.2 Å². The van der Waals surface area contributed by atoms with Gasteiger partial charge in [0.05, 0.1) is 84.6 Å². The van der Waals surface area contributed by atoms with Crippen LogP contribution in [0.3, 0.4) is 0 Å². The molecule has 69 heavy (non-hydrogen) atoms. The van der Waals surface area contributed by atoms with E-state index in [-0.39, 0.29) is 16.8 Å². The van der Waals surface area contributed by atoms with Crippen molar-refractivity contribution in [2.75, 3.05) is 0 Å². The van der Waals surface area contributed by atoms with Crippen LogP contribution in [0.1, 0.15) is 11.1 Å². The first-order chi connectivity index (χ1) is 34.1. The summed E-state index contributed by atoms with van der Waals surface area (Å²) in [5.41, 5.74) is 9.68. The van der Waals surface area contributed by atoms with Gasteiger partial charge in [0.2, 0.25) is 5.69 Å². The first kappa shape index (κ1) is 39.1. The van der Waals surface area contributed by atoms with Crippen LogP contribution in [0.25, 0.3) is 121 Å². The molecule has 0 aliphatic carbocycles. The van der Waals surface area contributed by atoms with Crippen LogP contribution in [-0.4, -0.2) is 43.6 Å². The highest BCUT2D eigenvalue weighted by Gasteiger charge is 2.36. The lowest BCUT2D eigenvalue weighted by Gasteiger charge is -2.28. The second-order valence-electron chi connectivity index (χ2n) is 16.5. The average Bonchev–Trinajstić information content (AvgIpc) is 4.06. The van der Waals surface area contributed by atoms with Crippen LogP contribution in [0.5, 0.6) is 0 Å². The summed E-state index contributed by atoms with van der Waals surface area (Å²) in [4.78, 5) is 34.1. The van der Waals surface area contributed by atoms with Crippen LogP contribution in [-0.2, 0) is 0 Å². The molecule has 0 aliphatic heterocycles. The van der Waals surface area contributed by atoms with Gasteiger partial charge in [-0.1, -0.05) is 109 Å². The molecular weight excluding hydrogens is 853 g/mol. The van der Waals surface area contributed by atoms with Crippen molar-refractivity contribution in [1.29, 1.82) is 10.5 Å². The number of nitrogens with zero attached hydrogens (tertiary/aromatic N) is 12. The van der Waals surface area contributed by atoms with Crippen molar-refractivity contribution in [2.45, 2.75) is 0 Å². The van der Waals surface area contributed by atoms with Crippen LogP contribution >= 0.6 is 0 Å². The van der Waals surface area contributed by atoms with Gasteiger partial charge in [0, 0.05) is 69.5 Å². The summed E-state index contributed by atoms with van der Waals surface area (Å²) in [6.07, 6.45) is 9.22. The number of hydrogen-bond acceptors (Lipinski definition) is 8. The summed E-state index contributed by atoms with van der Waals surface area (Å²) in [6.45, 7) is 7.95. The average molecular weight is 883 g/mol. The third-order valence-electron chi connectivity index (χ3n) is 12.8. The van der Waals surface area contributed by atoms with Gasteiger partial charge in [0.25, 0.3) is 0 Å². The number of rotatable bonds is 6. The maximum absolute atomic E-state index is 10.2. The highest BCUT2D eigenvalue weighted by atomic mass is 15.1. The number of nitriles is 2. The molecule has 0 unspecified atom stereocenters. The lowest BCUT2D eigenvalue weighted by molar-refractivity contribution is 1.05. The minimum atomic E-state index is 0.267. The standard InChI is InChI=1S/C57H30N12/c1-60-36-32-65-57(66-33-36)51-53(68-45-22-10-4-16-39(45)40-17-5-11-23-46(40)68)49(55-61-28-34(26-58)29-62-55)52(67-43-20-8-2-14-37(43)38-15-3-9-21-44(38)67)50(56-63-30-35(27-59)31-64-56)54(51)69-47-24-12-6-18-41(47)42-19-7-13-25-48(42)69/h2-25,28-33H. The first-order valence-corrected chi connectivity index (χ1v) is 22.0. The van der Waals surface area contributed by atoms with Gasteiger partial charge in [0.1, 0.15) is 12.1 Å². The fourth-order valence-electron chi connectivity index (χ4n) is 10.0. The summed E-state index contributed by atoms with van der Waals surface area (Å²) >= 11 is 0. The summed E-state index contributed by atoms with van der Waals surface area (Å²) < 4.78 is 6.71. The van der Waals surface area contributed by atoms with E-state index in [1.54, 1.807) is 0 Å². The van der Waals surface area contributed by atoms with Crippen LogP contribution in [0, 0.1) is 29.2 Å². The second-order valence-corrected chi connectivity index (χ2v) is 16.5. The molecule has 0 aliphatic rings. The second kappa shape index (κ2) is 15.4. The van der Waals surface area contributed by atoms with Gasteiger partial charge >= 0.3 is 0 Å². The van der Waals surface area contributed by atoms with E-state index in [9.17, 15) is 10.5 Å². The lowest BCUT2D eigenvalue weighted by atomic mass is 9.92. The van der Waals surface area contributed by atoms with Crippen molar-refractivity contribution in [2.24, 2.45) is 0 Å². The maximum atomic E-state index is 10.2. The van der Waals surface area contributed by atoms with Crippen molar-refractivity contribution in [3.63, 3.8) is 0 Å². The van der Waals surface area contributed by atoms with Crippen molar-refractivity contribution in [3.8, 4) is 63.4 Å². The van der Waals surface area contributed by atoms with Crippen LogP contribution < -0.4 is 0 Å². The Morgan fingerprint density at radius 3 is 0.812 bits per heavy atom. The minimum Gasteiger partial charge on any atom is -0.308 e. The van der Waals surface area contributed by atoms with Gasteiger partial charge in [-0.2, -0.15) is 10.5 Å². The van der Waals surface area contributed by atoms with Gasteiger partial charge in [-0.15, -0.1) is 0 Å². The quantitative estimate of drug-likeness (QED) is 0.150.